The summed E-state index contributed by atoms with van der Waals surface area (Å²) in [5.41, 5.74) is 0.292. The van der Waals surface area contributed by atoms with E-state index < -0.39 is 10.0 Å². The van der Waals surface area contributed by atoms with Gasteiger partial charge in [0.1, 0.15) is 0 Å². The summed E-state index contributed by atoms with van der Waals surface area (Å²) in [4.78, 5) is 11.7. The third-order valence-electron chi connectivity index (χ3n) is 3.22. The van der Waals surface area contributed by atoms with Crippen molar-refractivity contribution in [2.75, 3.05) is 18.4 Å². The predicted molar refractivity (Wildman–Crippen MR) is 82.9 cm³/mol. The van der Waals surface area contributed by atoms with E-state index in [0.717, 1.165) is 12.8 Å². The highest BCUT2D eigenvalue weighted by molar-refractivity contribution is 7.89. The summed E-state index contributed by atoms with van der Waals surface area (Å²) in [7, 11) is -3.52. The topological polar surface area (TPSA) is 66.5 Å². The minimum absolute atomic E-state index is 0.143. The largest absolute Gasteiger partial charge is 0.321 e. The van der Waals surface area contributed by atoms with Crippen molar-refractivity contribution in [1.29, 1.82) is 0 Å². The summed E-state index contributed by atoms with van der Waals surface area (Å²) in [5, 5.41) is 2.87. The van der Waals surface area contributed by atoms with Crippen LogP contribution in [0.3, 0.4) is 0 Å². The van der Waals surface area contributed by atoms with Crippen LogP contribution >= 0.6 is 11.6 Å². The molecule has 1 aromatic rings. The molecule has 7 heteroatoms. The lowest BCUT2D eigenvalue weighted by atomic mass is 10.3. The molecule has 0 spiro atoms. The van der Waals surface area contributed by atoms with E-state index in [1.165, 1.54) is 28.6 Å². The lowest BCUT2D eigenvalue weighted by Crippen LogP contribution is -2.27. The zero-order valence-corrected chi connectivity index (χ0v) is 13.2. The van der Waals surface area contributed by atoms with Gasteiger partial charge in [-0.05, 0) is 44.0 Å². The van der Waals surface area contributed by atoms with Crippen molar-refractivity contribution in [2.24, 2.45) is 0 Å². The average Bonchev–Trinajstić information content (AvgIpc) is 2.96. The van der Waals surface area contributed by atoms with E-state index in [9.17, 15) is 13.2 Å². The Morgan fingerprint density at radius 1 is 1.33 bits per heavy atom. The van der Waals surface area contributed by atoms with Crippen molar-refractivity contribution in [1.82, 2.24) is 4.31 Å². The fraction of sp³-hybridized carbons (Fsp3) is 0.357. The van der Waals surface area contributed by atoms with Crippen LogP contribution in [-0.2, 0) is 14.8 Å². The van der Waals surface area contributed by atoms with Crippen LogP contribution < -0.4 is 5.32 Å². The number of nitrogens with zero attached hydrogens (tertiary/aromatic N) is 1. The summed E-state index contributed by atoms with van der Waals surface area (Å²) in [6.07, 6.45) is 4.68. The molecule has 114 valence electrons. The van der Waals surface area contributed by atoms with Crippen LogP contribution in [0.1, 0.15) is 19.8 Å². The molecule has 5 nitrogen and oxygen atoms in total. The van der Waals surface area contributed by atoms with Crippen molar-refractivity contribution in [3.05, 3.63) is 35.4 Å². The molecule has 0 unspecified atom stereocenters. The molecule has 0 aromatic heterocycles. The van der Waals surface area contributed by atoms with E-state index in [1.807, 2.05) is 0 Å². The minimum Gasteiger partial charge on any atom is -0.321 e. The first kappa shape index (κ1) is 16.0. The van der Waals surface area contributed by atoms with Crippen molar-refractivity contribution >= 4 is 33.2 Å². The highest BCUT2D eigenvalue weighted by Gasteiger charge is 2.27. The quantitative estimate of drug-likeness (QED) is 0.864. The second kappa shape index (κ2) is 6.60. The minimum atomic E-state index is -3.52. The Balaban J connectivity index is 2.31. The maximum Gasteiger partial charge on any atom is 0.248 e. The number of hydrogen-bond acceptors (Lipinski definition) is 3. The number of allylic oxidation sites excluding steroid dienone is 1. The fourth-order valence-electron chi connectivity index (χ4n) is 2.16. The number of anilines is 1. The highest BCUT2D eigenvalue weighted by Crippen LogP contribution is 2.28. The van der Waals surface area contributed by atoms with Gasteiger partial charge < -0.3 is 5.32 Å². The number of amides is 1. The van der Waals surface area contributed by atoms with Gasteiger partial charge in [-0.1, -0.05) is 17.7 Å². The molecule has 21 heavy (non-hydrogen) atoms. The first-order valence-electron chi connectivity index (χ1n) is 6.68. The van der Waals surface area contributed by atoms with Crippen LogP contribution in [0.4, 0.5) is 5.69 Å². The van der Waals surface area contributed by atoms with Crippen molar-refractivity contribution in [3.8, 4) is 0 Å². The lowest BCUT2D eigenvalue weighted by molar-refractivity contribution is -0.111. The van der Waals surface area contributed by atoms with E-state index in [0.29, 0.717) is 23.8 Å². The zero-order valence-electron chi connectivity index (χ0n) is 11.7. The van der Waals surface area contributed by atoms with Crippen LogP contribution in [0.15, 0.2) is 35.2 Å². The van der Waals surface area contributed by atoms with Gasteiger partial charge in [0.05, 0.1) is 15.6 Å². The van der Waals surface area contributed by atoms with Crippen molar-refractivity contribution in [3.63, 3.8) is 0 Å². The van der Waals surface area contributed by atoms with Crippen LogP contribution in [0.25, 0.3) is 0 Å². The van der Waals surface area contributed by atoms with Crippen LogP contribution in [0.2, 0.25) is 5.02 Å². The number of sulfonamides is 1. The van der Waals surface area contributed by atoms with Gasteiger partial charge >= 0.3 is 0 Å². The fourth-order valence-corrected chi connectivity index (χ4v) is 3.87. The molecule has 1 amide bonds. The molecule has 0 saturated carbocycles. The number of rotatable bonds is 4. The Morgan fingerprint density at radius 3 is 2.62 bits per heavy atom. The maximum atomic E-state index is 12.5. The molecule has 2 rings (SSSR count). The van der Waals surface area contributed by atoms with Crippen LogP contribution in [0, 0.1) is 0 Å². The van der Waals surface area contributed by atoms with E-state index in [1.54, 1.807) is 13.0 Å². The van der Waals surface area contributed by atoms with Crippen molar-refractivity contribution < 1.29 is 13.2 Å². The third-order valence-corrected chi connectivity index (χ3v) is 5.44. The Hall–Kier alpha value is -1.37. The standard InChI is InChI=1S/C14H17ClN2O3S/c1-2-5-14(18)16-13-10-11(6-7-12(13)15)21(19,20)17-8-3-4-9-17/h2,5-7,10H,3-4,8-9H2,1H3,(H,16,18)/b5-2+. The summed E-state index contributed by atoms with van der Waals surface area (Å²) < 4.78 is 26.4. The molecule has 1 heterocycles. The van der Waals surface area contributed by atoms with Gasteiger partial charge in [-0.15, -0.1) is 0 Å². The molecule has 1 N–H and O–H groups in total. The normalized spacial score (nSPS) is 16.5. The summed E-state index contributed by atoms with van der Waals surface area (Å²) >= 11 is 6.00. The molecule has 1 fully saturated rings. The summed E-state index contributed by atoms with van der Waals surface area (Å²) in [6, 6.07) is 4.34. The van der Waals surface area contributed by atoms with Gasteiger partial charge in [-0.2, -0.15) is 4.31 Å². The molecular formula is C14H17ClN2O3S. The van der Waals surface area contributed by atoms with E-state index in [-0.39, 0.29) is 10.8 Å². The smallest absolute Gasteiger partial charge is 0.248 e. The first-order chi connectivity index (χ1) is 9.95. The van der Waals surface area contributed by atoms with Crippen molar-refractivity contribution in [2.45, 2.75) is 24.7 Å². The predicted octanol–water partition coefficient (Wildman–Crippen LogP) is 2.64. The molecule has 1 saturated heterocycles. The third kappa shape index (κ3) is 3.64. The zero-order chi connectivity index (χ0) is 15.5. The number of halogens is 1. The number of carbonyl (C=O) groups excluding carboxylic acids is 1. The molecule has 0 atom stereocenters. The first-order valence-corrected chi connectivity index (χ1v) is 8.50. The highest BCUT2D eigenvalue weighted by atomic mass is 35.5. The summed E-state index contributed by atoms with van der Waals surface area (Å²) in [6.45, 7) is 2.78. The molecule has 1 aliphatic heterocycles. The molecule has 1 aromatic carbocycles. The number of nitrogens with one attached hydrogen (secondary N) is 1. The van der Waals surface area contributed by atoms with Gasteiger partial charge in [-0.3, -0.25) is 4.79 Å². The number of benzene rings is 1. The van der Waals surface area contributed by atoms with Gasteiger partial charge in [0.25, 0.3) is 0 Å². The van der Waals surface area contributed by atoms with Gasteiger partial charge in [0.15, 0.2) is 0 Å². The Bertz CT molecular complexity index is 665. The second-order valence-corrected chi connectivity index (χ2v) is 7.09. The maximum absolute atomic E-state index is 12.5. The van der Waals surface area contributed by atoms with Crippen LogP contribution in [-0.4, -0.2) is 31.7 Å². The SMILES string of the molecule is C/C=C/C(=O)Nc1cc(S(=O)(=O)N2CCCC2)ccc1Cl. The number of carbonyl (C=O) groups is 1. The van der Waals surface area contributed by atoms with Gasteiger partial charge in [-0.25, -0.2) is 8.42 Å². The monoisotopic (exact) mass is 328 g/mol. The molecule has 0 bridgehead atoms. The van der Waals surface area contributed by atoms with E-state index in [2.05, 4.69) is 5.32 Å². The Kier molecular flexibility index (Phi) is 5.03. The molecule has 1 aliphatic rings. The number of hydrogen-bond donors (Lipinski definition) is 1. The Labute approximate surface area is 129 Å². The lowest BCUT2D eigenvalue weighted by Gasteiger charge is -2.16. The molecule has 0 radical (unpaired) electrons. The van der Waals surface area contributed by atoms with E-state index >= 15 is 0 Å². The van der Waals surface area contributed by atoms with Gasteiger partial charge in [0, 0.05) is 13.1 Å². The van der Waals surface area contributed by atoms with Gasteiger partial charge in [0.2, 0.25) is 15.9 Å². The summed E-state index contributed by atoms with van der Waals surface area (Å²) in [5.74, 6) is -0.352. The van der Waals surface area contributed by atoms with Crippen LogP contribution in [0.5, 0.6) is 0 Å². The van der Waals surface area contributed by atoms with E-state index in [4.69, 9.17) is 11.6 Å². The molecular weight excluding hydrogens is 312 g/mol. The second-order valence-electron chi connectivity index (χ2n) is 4.74. The average molecular weight is 329 g/mol. The Morgan fingerprint density at radius 2 is 2.00 bits per heavy atom. The molecule has 0 aliphatic carbocycles.